The van der Waals surface area contributed by atoms with E-state index in [1.165, 1.54) is 12.8 Å². The molecule has 1 saturated carbocycles. The highest BCUT2D eigenvalue weighted by Crippen LogP contribution is 2.35. The first-order valence-corrected chi connectivity index (χ1v) is 6.71. The van der Waals surface area contributed by atoms with Crippen LogP contribution in [0.1, 0.15) is 46.0 Å². The Balaban J connectivity index is 1.94. The third-order valence-corrected chi connectivity index (χ3v) is 4.06. The van der Waals surface area contributed by atoms with Gasteiger partial charge in [-0.05, 0) is 46.1 Å². The Labute approximate surface area is 103 Å². The Morgan fingerprint density at radius 3 is 2.76 bits per heavy atom. The smallest absolute Gasteiger partial charge is 0.303 e. The molecular weight excluding hydrogens is 216 g/mol. The second-order valence-electron chi connectivity index (χ2n) is 6.03. The molecule has 1 heterocycles. The molecule has 0 spiro atoms. The second-order valence-corrected chi connectivity index (χ2v) is 6.03. The van der Waals surface area contributed by atoms with Crippen LogP contribution in [0.4, 0.5) is 0 Å². The number of carboxylic acid groups (broad SMARTS) is 1. The molecule has 2 rings (SSSR count). The highest BCUT2D eigenvalue weighted by Gasteiger charge is 2.40. The highest BCUT2D eigenvalue weighted by atomic mass is 16.4. The van der Waals surface area contributed by atoms with Gasteiger partial charge in [-0.15, -0.1) is 0 Å². The third-order valence-electron chi connectivity index (χ3n) is 4.06. The summed E-state index contributed by atoms with van der Waals surface area (Å²) in [5.41, 5.74) is 0.256. The molecule has 1 aliphatic heterocycles. The molecule has 0 aromatic carbocycles. The molecule has 1 saturated heterocycles. The average Bonchev–Trinajstić information content (AvgIpc) is 3.02. The minimum Gasteiger partial charge on any atom is -0.481 e. The zero-order chi connectivity index (χ0) is 12.5. The molecule has 2 N–H and O–H groups in total. The summed E-state index contributed by atoms with van der Waals surface area (Å²) in [4.78, 5) is 13.2. The van der Waals surface area contributed by atoms with Crippen molar-refractivity contribution in [2.75, 3.05) is 13.1 Å². The van der Waals surface area contributed by atoms with Crippen LogP contribution >= 0.6 is 0 Å². The summed E-state index contributed by atoms with van der Waals surface area (Å²) in [7, 11) is 0. The fraction of sp³-hybridized carbons (Fsp3) is 0.923. The number of aliphatic carboxylic acids is 1. The van der Waals surface area contributed by atoms with Crippen molar-refractivity contribution in [1.29, 1.82) is 0 Å². The van der Waals surface area contributed by atoms with Crippen molar-refractivity contribution in [3.63, 3.8) is 0 Å². The van der Waals surface area contributed by atoms with Gasteiger partial charge in [0.2, 0.25) is 0 Å². The van der Waals surface area contributed by atoms with E-state index in [2.05, 4.69) is 24.1 Å². The van der Waals surface area contributed by atoms with E-state index in [1.807, 2.05) is 0 Å². The van der Waals surface area contributed by atoms with Crippen molar-refractivity contribution in [3.8, 4) is 0 Å². The van der Waals surface area contributed by atoms with Crippen molar-refractivity contribution in [1.82, 2.24) is 10.2 Å². The van der Waals surface area contributed by atoms with Crippen LogP contribution in [0.25, 0.3) is 0 Å². The van der Waals surface area contributed by atoms with Gasteiger partial charge in [0, 0.05) is 30.6 Å². The Morgan fingerprint density at radius 1 is 1.47 bits per heavy atom. The Bertz CT molecular complexity index is 287. The molecule has 2 fully saturated rings. The lowest BCUT2D eigenvalue weighted by Gasteiger charge is -2.38. The number of nitrogens with one attached hydrogen (secondary N) is 1. The summed E-state index contributed by atoms with van der Waals surface area (Å²) in [6.07, 6.45) is 4.79. The van der Waals surface area contributed by atoms with Crippen LogP contribution in [-0.4, -0.2) is 46.7 Å². The number of hydrogen-bond acceptors (Lipinski definition) is 3. The number of carbonyl (C=O) groups is 1. The predicted molar refractivity (Wildman–Crippen MR) is 67.1 cm³/mol. The van der Waals surface area contributed by atoms with Crippen molar-refractivity contribution >= 4 is 5.97 Å². The molecule has 98 valence electrons. The highest BCUT2D eigenvalue weighted by molar-refractivity contribution is 5.66. The molecule has 1 unspecified atom stereocenters. The number of rotatable bonds is 4. The molecule has 0 aromatic heterocycles. The van der Waals surface area contributed by atoms with E-state index in [9.17, 15) is 4.79 Å². The van der Waals surface area contributed by atoms with Gasteiger partial charge in [-0.3, -0.25) is 9.69 Å². The maximum absolute atomic E-state index is 10.6. The van der Waals surface area contributed by atoms with Crippen LogP contribution in [-0.2, 0) is 4.79 Å². The van der Waals surface area contributed by atoms with E-state index in [4.69, 9.17) is 5.11 Å². The minimum atomic E-state index is -0.687. The molecule has 4 nitrogen and oxygen atoms in total. The summed E-state index contributed by atoms with van der Waals surface area (Å²) in [5.74, 6) is -0.687. The summed E-state index contributed by atoms with van der Waals surface area (Å²) in [6.45, 7) is 6.63. The zero-order valence-corrected chi connectivity index (χ0v) is 10.9. The Hall–Kier alpha value is -0.610. The van der Waals surface area contributed by atoms with E-state index in [-0.39, 0.29) is 12.0 Å². The molecule has 2 aliphatic rings. The average molecular weight is 240 g/mol. The summed E-state index contributed by atoms with van der Waals surface area (Å²) in [5, 5.41) is 12.3. The molecule has 0 bridgehead atoms. The first-order chi connectivity index (χ1) is 7.99. The van der Waals surface area contributed by atoms with Crippen LogP contribution in [0, 0.1) is 0 Å². The van der Waals surface area contributed by atoms with Gasteiger partial charge in [0.25, 0.3) is 0 Å². The Morgan fingerprint density at radius 2 is 2.18 bits per heavy atom. The summed E-state index contributed by atoms with van der Waals surface area (Å²) in [6, 6.07) is 1.09. The van der Waals surface area contributed by atoms with Gasteiger partial charge in [0.15, 0.2) is 0 Å². The summed E-state index contributed by atoms with van der Waals surface area (Å²) < 4.78 is 0. The fourth-order valence-corrected chi connectivity index (χ4v) is 2.80. The molecular formula is C13H24N2O2. The van der Waals surface area contributed by atoms with Gasteiger partial charge in [0.1, 0.15) is 0 Å². The number of hydrogen-bond donors (Lipinski definition) is 2. The molecule has 0 amide bonds. The van der Waals surface area contributed by atoms with Crippen LogP contribution in [0.3, 0.4) is 0 Å². The normalized spacial score (nSPS) is 29.9. The zero-order valence-electron chi connectivity index (χ0n) is 10.9. The van der Waals surface area contributed by atoms with Crippen LogP contribution in [0.2, 0.25) is 0 Å². The van der Waals surface area contributed by atoms with Crippen molar-refractivity contribution in [2.45, 2.75) is 63.6 Å². The molecule has 4 heteroatoms. The van der Waals surface area contributed by atoms with E-state index in [0.717, 1.165) is 32.0 Å². The lowest BCUT2D eigenvalue weighted by atomic mass is 9.98. The van der Waals surface area contributed by atoms with Crippen LogP contribution in [0.5, 0.6) is 0 Å². The topological polar surface area (TPSA) is 52.6 Å². The monoisotopic (exact) mass is 240 g/mol. The molecule has 17 heavy (non-hydrogen) atoms. The molecule has 1 atom stereocenters. The van der Waals surface area contributed by atoms with Gasteiger partial charge in [-0.2, -0.15) is 0 Å². The molecule has 0 radical (unpaired) electrons. The van der Waals surface area contributed by atoms with Crippen LogP contribution < -0.4 is 5.32 Å². The minimum absolute atomic E-state index is 0.256. The standard InChI is InChI=1S/C13H24N2O2/c1-13(2)7-8-14-10(3-6-12(16)17)9-15(13)11-4-5-11/h10-11,14H,3-9H2,1-2H3,(H,16,17). The van der Waals surface area contributed by atoms with Gasteiger partial charge in [-0.25, -0.2) is 0 Å². The fourth-order valence-electron chi connectivity index (χ4n) is 2.80. The first-order valence-electron chi connectivity index (χ1n) is 6.71. The largest absolute Gasteiger partial charge is 0.481 e. The molecule has 0 aromatic rings. The van der Waals surface area contributed by atoms with Crippen LogP contribution in [0.15, 0.2) is 0 Å². The van der Waals surface area contributed by atoms with Gasteiger partial charge >= 0.3 is 5.97 Å². The lowest BCUT2D eigenvalue weighted by Crippen LogP contribution is -2.47. The second kappa shape index (κ2) is 4.94. The molecule has 1 aliphatic carbocycles. The van der Waals surface area contributed by atoms with Crippen molar-refractivity contribution in [2.24, 2.45) is 0 Å². The first kappa shape index (κ1) is 12.8. The maximum atomic E-state index is 10.6. The maximum Gasteiger partial charge on any atom is 0.303 e. The van der Waals surface area contributed by atoms with Crippen molar-refractivity contribution < 1.29 is 9.90 Å². The number of carboxylic acids is 1. The predicted octanol–water partition coefficient (Wildman–Crippen LogP) is 1.46. The summed E-state index contributed by atoms with van der Waals surface area (Å²) >= 11 is 0. The Kier molecular flexibility index (Phi) is 3.73. The SMILES string of the molecule is CC1(C)CCNC(CCC(=O)O)CN1C1CC1. The van der Waals surface area contributed by atoms with Crippen molar-refractivity contribution in [3.05, 3.63) is 0 Å². The quantitative estimate of drug-likeness (QED) is 0.781. The number of nitrogens with zero attached hydrogens (tertiary/aromatic N) is 1. The van der Waals surface area contributed by atoms with E-state index >= 15 is 0 Å². The van der Waals surface area contributed by atoms with E-state index < -0.39 is 5.97 Å². The van der Waals surface area contributed by atoms with E-state index in [0.29, 0.717) is 6.04 Å². The van der Waals surface area contributed by atoms with Gasteiger partial charge in [-0.1, -0.05) is 0 Å². The lowest BCUT2D eigenvalue weighted by molar-refractivity contribution is -0.137. The third kappa shape index (κ3) is 3.42. The van der Waals surface area contributed by atoms with E-state index in [1.54, 1.807) is 0 Å². The van der Waals surface area contributed by atoms with Gasteiger partial charge in [0.05, 0.1) is 0 Å². The van der Waals surface area contributed by atoms with Gasteiger partial charge < -0.3 is 10.4 Å².